The van der Waals surface area contributed by atoms with E-state index < -0.39 is 23.7 Å². The van der Waals surface area contributed by atoms with E-state index in [1.807, 2.05) is 48.5 Å². The second-order valence-corrected chi connectivity index (χ2v) is 7.56. The number of hydrogen-bond donors (Lipinski definition) is 1. The maximum atomic E-state index is 11.5. The van der Waals surface area contributed by atoms with Crippen LogP contribution < -0.4 is 0 Å². The Morgan fingerprint density at radius 2 is 1.44 bits per heavy atom. The van der Waals surface area contributed by atoms with Crippen molar-refractivity contribution >= 4 is 41.1 Å². The molecule has 1 N–H and O–H groups in total. The maximum absolute atomic E-state index is 11.5. The molecule has 2 aromatic carbocycles. The number of aliphatic carboxylic acids is 1. The van der Waals surface area contributed by atoms with E-state index in [9.17, 15) is 19.5 Å². The molecule has 0 bridgehead atoms. The fourth-order valence-corrected chi connectivity index (χ4v) is 3.58. The molecule has 0 aromatic heterocycles. The van der Waals surface area contributed by atoms with E-state index in [4.69, 9.17) is 11.6 Å². The number of halogens is 1. The van der Waals surface area contributed by atoms with E-state index in [0.29, 0.717) is 5.02 Å². The molecule has 0 heterocycles. The first-order chi connectivity index (χ1) is 12.8. The van der Waals surface area contributed by atoms with Crippen molar-refractivity contribution in [3.63, 3.8) is 0 Å². The van der Waals surface area contributed by atoms with Crippen molar-refractivity contribution in [1.82, 2.24) is 4.90 Å². The first kappa shape index (κ1) is 21.0. The Bertz CT molecular complexity index is 807. The molecule has 1 atom stereocenters. The lowest BCUT2D eigenvalue weighted by atomic mass is 10.1. The molecule has 0 aliphatic heterocycles. The van der Waals surface area contributed by atoms with E-state index >= 15 is 0 Å². The molecule has 5 nitrogen and oxygen atoms in total. The van der Waals surface area contributed by atoms with Crippen LogP contribution in [0.3, 0.4) is 0 Å². The summed E-state index contributed by atoms with van der Waals surface area (Å²) in [6.07, 6.45) is 0. The molecule has 0 fully saturated rings. The zero-order valence-corrected chi connectivity index (χ0v) is 16.6. The minimum atomic E-state index is -1.03. The van der Waals surface area contributed by atoms with E-state index in [2.05, 4.69) is 0 Å². The molecule has 142 valence electrons. The van der Waals surface area contributed by atoms with Gasteiger partial charge in [-0.1, -0.05) is 35.9 Å². The van der Waals surface area contributed by atoms with Gasteiger partial charge in [0.25, 0.3) is 0 Å². The van der Waals surface area contributed by atoms with Crippen LogP contribution in [0.2, 0.25) is 5.02 Å². The summed E-state index contributed by atoms with van der Waals surface area (Å²) in [6, 6.07) is 15.3. The van der Waals surface area contributed by atoms with Crippen LogP contribution >= 0.6 is 23.4 Å². The number of nitrogens with zero attached hydrogens (tertiary/aromatic N) is 1. The largest absolute Gasteiger partial charge is 0.481 e. The first-order valence-corrected chi connectivity index (χ1v) is 9.64. The topological polar surface area (TPSA) is 74.7 Å². The summed E-state index contributed by atoms with van der Waals surface area (Å²) in [5.41, 5.74) is 2.07. The van der Waals surface area contributed by atoms with Gasteiger partial charge in [0.15, 0.2) is 0 Å². The summed E-state index contributed by atoms with van der Waals surface area (Å²) in [7, 11) is 0. The van der Waals surface area contributed by atoms with E-state index in [1.165, 1.54) is 25.6 Å². The van der Waals surface area contributed by atoms with Gasteiger partial charge < -0.3 is 5.11 Å². The molecule has 0 radical (unpaired) electrons. The van der Waals surface area contributed by atoms with Gasteiger partial charge in [-0.05, 0) is 35.4 Å². The molecular formula is C20H20ClNO4S. The third-order valence-corrected chi connectivity index (χ3v) is 5.42. The Hall–Kier alpha value is -2.31. The third kappa shape index (κ3) is 6.12. The molecule has 0 saturated heterocycles. The number of thioether (sulfide) groups is 1. The Labute approximate surface area is 167 Å². The summed E-state index contributed by atoms with van der Waals surface area (Å²) in [6.45, 7) is 2.38. The Balaban J connectivity index is 2.02. The van der Waals surface area contributed by atoms with Gasteiger partial charge in [0.05, 0.1) is 5.92 Å². The van der Waals surface area contributed by atoms with Crippen molar-refractivity contribution < 1.29 is 19.5 Å². The highest BCUT2D eigenvalue weighted by Crippen LogP contribution is 2.26. The zero-order chi connectivity index (χ0) is 20.0. The number of carboxylic acid groups (broad SMARTS) is 1. The average molecular weight is 406 g/mol. The fraction of sp³-hybridized carbons (Fsp3) is 0.250. The number of rotatable bonds is 7. The molecule has 0 saturated carbocycles. The zero-order valence-electron chi connectivity index (χ0n) is 15.0. The number of carbonyl (C=O) groups is 3. The third-order valence-electron chi connectivity index (χ3n) is 4.00. The van der Waals surface area contributed by atoms with Crippen LogP contribution in [-0.4, -0.2) is 40.1 Å². The number of carbonyl (C=O) groups excluding carboxylic acids is 2. The Kier molecular flexibility index (Phi) is 7.45. The highest BCUT2D eigenvalue weighted by atomic mass is 35.5. The lowest BCUT2D eigenvalue weighted by molar-refractivity contribution is -0.146. The van der Waals surface area contributed by atoms with Crippen LogP contribution in [0.1, 0.15) is 13.8 Å². The highest BCUT2D eigenvalue weighted by Gasteiger charge is 2.25. The van der Waals surface area contributed by atoms with Crippen LogP contribution in [0.4, 0.5) is 0 Å². The summed E-state index contributed by atoms with van der Waals surface area (Å²) in [5, 5.41) is 10.1. The minimum absolute atomic E-state index is 0.129. The summed E-state index contributed by atoms with van der Waals surface area (Å²) >= 11 is 7.28. The monoisotopic (exact) mass is 405 g/mol. The summed E-state index contributed by atoms with van der Waals surface area (Å²) in [4.78, 5) is 36.4. The Morgan fingerprint density at radius 3 is 1.89 bits per heavy atom. The predicted octanol–water partition coefficient (Wildman–Crippen LogP) is 4.19. The normalized spacial score (nSPS) is 11.7. The highest BCUT2D eigenvalue weighted by molar-refractivity contribution is 7.99. The summed E-state index contributed by atoms with van der Waals surface area (Å²) < 4.78 is 0. The molecule has 27 heavy (non-hydrogen) atoms. The smallest absolute Gasteiger partial charge is 0.309 e. The SMILES string of the molecule is CC(=O)N(CC(CSc1ccc(-c2ccc(Cl)cc2)cc1)C(=O)O)C(C)=O. The molecular weight excluding hydrogens is 386 g/mol. The average Bonchev–Trinajstić information content (AvgIpc) is 2.62. The van der Waals surface area contributed by atoms with Gasteiger partial charge in [-0.2, -0.15) is 0 Å². The van der Waals surface area contributed by atoms with Crippen molar-refractivity contribution in [2.75, 3.05) is 12.3 Å². The van der Waals surface area contributed by atoms with E-state index in [1.54, 1.807) is 0 Å². The van der Waals surface area contributed by atoms with Crippen molar-refractivity contribution in [2.24, 2.45) is 5.92 Å². The second kappa shape index (κ2) is 9.58. The number of amides is 2. The molecule has 2 rings (SSSR count). The van der Waals surface area contributed by atoms with E-state index in [0.717, 1.165) is 20.9 Å². The van der Waals surface area contributed by atoms with Gasteiger partial charge in [0, 0.05) is 36.1 Å². The standard InChI is InChI=1S/C20H20ClNO4S/c1-13(23)22(14(2)24)11-17(20(25)26)12-27-19-9-5-16(6-10-19)15-3-7-18(21)8-4-15/h3-10,17H,11-12H2,1-2H3,(H,25,26). The van der Waals surface area contributed by atoms with Crippen LogP contribution in [0.15, 0.2) is 53.4 Å². The quantitative estimate of drug-likeness (QED) is 0.699. The number of carboxylic acids is 1. The predicted molar refractivity (Wildman–Crippen MR) is 107 cm³/mol. The van der Waals surface area contributed by atoms with Crippen molar-refractivity contribution in [3.05, 3.63) is 53.6 Å². The first-order valence-electron chi connectivity index (χ1n) is 8.28. The van der Waals surface area contributed by atoms with Gasteiger partial charge in [0.2, 0.25) is 11.8 Å². The van der Waals surface area contributed by atoms with Crippen molar-refractivity contribution in [2.45, 2.75) is 18.7 Å². The lowest BCUT2D eigenvalue weighted by Gasteiger charge is -2.21. The van der Waals surface area contributed by atoms with Gasteiger partial charge in [0.1, 0.15) is 0 Å². The number of benzene rings is 2. The molecule has 0 aliphatic rings. The number of imide groups is 1. The van der Waals surface area contributed by atoms with Crippen LogP contribution in [-0.2, 0) is 14.4 Å². The lowest BCUT2D eigenvalue weighted by Crippen LogP contribution is -2.40. The number of hydrogen-bond acceptors (Lipinski definition) is 4. The van der Waals surface area contributed by atoms with Crippen LogP contribution in [0.25, 0.3) is 11.1 Å². The van der Waals surface area contributed by atoms with Crippen LogP contribution in [0, 0.1) is 5.92 Å². The van der Waals surface area contributed by atoms with E-state index in [-0.39, 0.29) is 12.3 Å². The molecule has 7 heteroatoms. The van der Waals surface area contributed by atoms with Crippen molar-refractivity contribution in [3.8, 4) is 11.1 Å². The maximum Gasteiger partial charge on any atom is 0.309 e. The molecule has 2 aromatic rings. The van der Waals surface area contributed by atoms with Gasteiger partial charge >= 0.3 is 5.97 Å². The molecule has 1 unspecified atom stereocenters. The Morgan fingerprint density at radius 1 is 0.963 bits per heavy atom. The minimum Gasteiger partial charge on any atom is -0.481 e. The fourth-order valence-electron chi connectivity index (χ4n) is 2.48. The van der Waals surface area contributed by atoms with Gasteiger partial charge in [-0.15, -0.1) is 11.8 Å². The molecule has 2 amide bonds. The molecule has 0 aliphatic carbocycles. The van der Waals surface area contributed by atoms with Crippen molar-refractivity contribution in [1.29, 1.82) is 0 Å². The van der Waals surface area contributed by atoms with Gasteiger partial charge in [-0.25, -0.2) is 0 Å². The second-order valence-electron chi connectivity index (χ2n) is 6.03. The van der Waals surface area contributed by atoms with Crippen LogP contribution in [0.5, 0.6) is 0 Å². The summed E-state index contributed by atoms with van der Waals surface area (Å²) in [5.74, 6) is -2.52. The molecule has 0 spiro atoms. The van der Waals surface area contributed by atoms with Gasteiger partial charge in [-0.3, -0.25) is 19.3 Å².